The van der Waals surface area contributed by atoms with E-state index in [1.54, 1.807) is 0 Å². The SMILES string of the molecule is O=Cc1ccc2c(F)csc2c1F. The van der Waals surface area contributed by atoms with E-state index < -0.39 is 11.6 Å². The fourth-order valence-corrected chi connectivity index (χ4v) is 2.00. The molecule has 0 aliphatic carbocycles. The van der Waals surface area contributed by atoms with Crippen LogP contribution in [0.15, 0.2) is 17.5 Å². The lowest BCUT2D eigenvalue weighted by Gasteiger charge is -1.95. The van der Waals surface area contributed by atoms with E-state index in [2.05, 4.69) is 0 Å². The summed E-state index contributed by atoms with van der Waals surface area (Å²) in [6.07, 6.45) is 0.423. The van der Waals surface area contributed by atoms with Crippen LogP contribution in [0.4, 0.5) is 8.78 Å². The zero-order chi connectivity index (χ0) is 9.42. The molecule has 2 rings (SSSR count). The van der Waals surface area contributed by atoms with E-state index in [0.717, 1.165) is 11.3 Å². The molecule has 0 N–H and O–H groups in total. The van der Waals surface area contributed by atoms with Gasteiger partial charge in [-0.15, -0.1) is 11.3 Å². The maximum atomic E-state index is 13.3. The van der Waals surface area contributed by atoms with Crippen molar-refractivity contribution in [2.45, 2.75) is 0 Å². The largest absolute Gasteiger partial charge is 0.298 e. The van der Waals surface area contributed by atoms with E-state index in [0.29, 0.717) is 6.29 Å². The molecular formula is C9H4F2OS. The summed E-state index contributed by atoms with van der Waals surface area (Å²) in [6.45, 7) is 0. The Balaban J connectivity index is 2.87. The second-order valence-corrected chi connectivity index (χ2v) is 3.43. The van der Waals surface area contributed by atoms with E-state index in [1.165, 1.54) is 17.5 Å². The van der Waals surface area contributed by atoms with Crippen molar-refractivity contribution in [3.63, 3.8) is 0 Å². The molecule has 0 fully saturated rings. The van der Waals surface area contributed by atoms with Gasteiger partial charge in [0.15, 0.2) is 12.1 Å². The highest BCUT2D eigenvalue weighted by molar-refractivity contribution is 7.17. The third kappa shape index (κ3) is 1.14. The molecule has 0 aliphatic heterocycles. The molecule has 13 heavy (non-hydrogen) atoms. The molecule has 0 unspecified atom stereocenters. The van der Waals surface area contributed by atoms with Crippen molar-refractivity contribution >= 4 is 27.7 Å². The first kappa shape index (κ1) is 8.31. The number of fused-ring (bicyclic) bond motifs is 1. The summed E-state index contributed by atoms with van der Waals surface area (Å²) in [4.78, 5) is 10.3. The first-order chi connectivity index (χ1) is 6.24. The normalized spacial score (nSPS) is 10.6. The van der Waals surface area contributed by atoms with E-state index in [9.17, 15) is 13.6 Å². The van der Waals surface area contributed by atoms with Gasteiger partial charge >= 0.3 is 0 Å². The van der Waals surface area contributed by atoms with E-state index in [-0.39, 0.29) is 15.6 Å². The van der Waals surface area contributed by atoms with Gasteiger partial charge in [0.1, 0.15) is 5.82 Å². The zero-order valence-corrected chi connectivity index (χ0v) is 7.20. The molecule has 1 aromatic heterocycles. The lowest BCUT2D eigenvalue weighted by molar-refractivity contribution is 0.112. The minimum absolute atomic E-state index is 0.0330. The number of rotatable bonds is 1. The average Bonchev–Trinajstić information content (AvgIpc) is 2.50. The summed E-state index contributed by atoms with van der Waals surface area (Å²) >= 11 is 0.961. The van der Waals surface area contributed by atoms with Gasteiger partial charge in [0, 0.05) is 10.8 Å². The first-order valence-electron chi connectivity index (χ1n) is 3.54. The molecule has 4 heteroatoms. The van der Waals surface area contributed by atoms with Crippen LogP contribution in [0.5, 0.6) is 0 Å². The second-order valence-electron chi connectivity index (χ2n) is 2.55. The lowest BCUT2D eigenvalue weighted by atomic mass is 10.2. The van der Waals surface area contributed by atoms with Gasteiger partial charge in [0.2, 0.25) is 0 Å². The van der Waals surface area contributed by atoms with E-state index in [1.807, 2.05) is 0 Å². The van der Waals surface area contributed by atoms with Gasteiger partial charge < -0.3 is 0 Å². The Kier molecular flexibility index (Phi) is 1.84. The predicted octanol–water partition coefficient (Wildman–Crippen LogP) is 2.99. The van der Waals surface area contributed by atoms with Crippen molar-refractivity contribution in [2.24, 2.45) is 0 Å². The molecule has 0 aliphatic rings. The van der Waals surface area contributed by atoms with Gasteiger partial charge in [-0.1, -0.05) is 0 Å². The maximum absolute atomic E-state index is 13.3. The van der Waals surface area contributed by atoms with E-state index >= 15 is 0 Å². The van der Waals surface area contributed by atoms with Crippen LogP contribution in [0, 0.1) is 11.6 Å². The van der Waals surface area contributed by atoms with Crippen LogP contribution in [-0.4, -0.2) is 6.29 Å². The number of halogens is 2. The minimum atomic E-state index is -0.638. The Labute approximate surface area is 76.6 Å². The van der Waals surface area contributed by atoms with Gasteiger partial charge in [0.05, 0.1) is 10.3 Å². The average molecular weight is 198 g/mol. The number of aldehydes is 1. The second kappa shape index (κ2) is 2.88. The summed E-state index contributed by atoms with van der Waals surface area (Å²) in [6, 6.07) is 2.69. The minimum Gasteiger partial charge on any atom is -0.298 e. The zero-order valence-electron chi connectivity index (χ0n) is 6.38. The Hall–Kier alpha value is -1.29. The molecule has 0 bridgehead atoms. The third-order valence-corrected chi connectivity index (χ3v) is 2.75. The van der Waals surface area contributed by atoms with Crippen LogP contribution in [0.1, 0.15) is 10.4 Å². The van der Waals surface area contributed by atoms with Crippen LogP contribution in [-0.2, 0) is 0 Å². The highest BCUT2D eigenvalue weighted by atomic mass is 32.1. The Morgan fingerprint density at radius 1 is 1.31 bits per heavy atom. The van der Waals surface area contributed by atoms with Crippen molar-refractivity contribution in [3.8, 4) is 0 Å². The van der Waals surface area contributed by atoms with Crippen LogP contribution >= 0.6 is 11.3 Å². The summed E-state index contributed by atoms with van der Waals surface area (Å²) in [5.74, 6) is -1.09. The Bertz CT molecular complexity index is 476. The Morgan fingerprint density at radius 2 is 2.08 bits per heavy atom. The molecule has 0 amide bonds. The van der Waals surface area contributed by atoms with Crippen molar-refractivity contribution in [1.29, 1.82) is 0 Å². The molecule has 1 nitrogen and oxygen atoms in total. The third-order valence-electron chi connectivity index (χ3n) is 1.79. The molecule has 0 atom stereocenters. The van der Waals surface area contributed by atoms with Crippen LogP contribution in [0.2, 0.25) is 0 Å². The fraction of sp³-hybridized carbons (Fsp3) is 0. The Morgan fingerprint density at radius 3 is 2.77 bits per heavy atom. The van der Waals surface area contributed by atoms with Gasteiger partial charge in [-0.2, -0.15) is 0 Å². The number of carbonyl (C=O) groups is 1. The standard InChI is InChI=1S/C9H4F2OS/c10-7-4-13-9-6(7)2-1-5(3-12)8(9)11/h1-4H. The molecule has 2 aromatic rings. The first-order valence-corrected chi connectivity index (χ1v) is 4.42. The van der Waals surface area contributed by atoms with Crippen molar-refractivity contribution in [2.75, 3.05) is 0 Å². The molecule has 0 radical (unpaired) electrons. The summed E-state index contributed by atoms with van der Waals surface area (Å²) in [5, 5.41) is 1.45. The molecular weight excluding hydrogens is 194 g/mol. The lowest BCUT2D eigenvalue weighted by Crippen LogP contribution is -1.86. The monoisotopic (exact) mass is 198 g/mol. The van der Waals surface area contributed by atoms with Crippen LogP contribution < -0.4 is 0 Å². The molecule has 66 valence electrons. The number of hydrogen-bond acceptors (Lipinski definition) is 2. The maximum Gasteiger partial charge on any atom is 0.153 e. The highest BCUT2D eigenvalue weighted by Gasteiger charge is 2.11. The van der Waals surface area contributed by atoms with Crippen molar-refractivity contribution in [3.05, 3.63) is 34.7 Å². The number of carbonyl (C=O) groups excluding carboxylic acids is 1. The van der Waals surface area contributed by atoms with Gasteiger partial charge in [-0.3, -0.25) is 4.79 Å². The smallest absolute Gasteiger partial charge is 0.153 e. The van der Waals surface area contributed by atoms with E-state index in [4.69, 9.17) is 0 Å². The van der Waals surface area contributed by atoms with Gasteiger partial charge in [0.25, 0.3) is 0 Å². The number of benzene rings is 1. The summed E-state index contributed by atoms with van der Waals surface area (Å²) in [7, 11) is 0. The van der Waals surface area contributed by atoms with Crippen molar-refractivity contribution in [1.82, 2.24) is 0 Å². The summed E-state index contributed by atoms with van der Waals surface area (Å²) < 4.78 is 26.4. The molecule has 1 heterocycles. The van der Waals surface area contributed by atoms with Crippen LogP contribution in [0.3, 0.4) is 0 Å². The molecule has 0 saturated carbocycles. The number of thiophene rings is 1. The topological polar surface area (TPSA) is 17.1 Å². The van der Waals surface area contributed by atoms with Crippen LogP contribution in [0.25, 0.3) is 10.1 Å². The fourth-order valence-electron chi connectivity index (χ4n) is 1.14. The summed E-state index contributed by atoms with van der Waals surface area (Å²) in [5.41, 5.74) is -0.0330. The molecule has 0 saturated heterocycles. The highest BCUT2D eigenvalue weighted by Crippen LogP contribution is 2.28. The van der Waals surface area contributed by atoms with Gasteiger partial charge in [-0.25, -0.2) is 8.78 Å². The van der Waals surface area contributed by atoms with Crippen molar-refractivity contribution < 1.29 is 13.6 Å². The quantitative estimate of drug-likeness (QED) is 0.644. The molecule has 0 spiro atoms. The molecule has 1 aromatic carbocycles. The van der Waals surface area contributed by atoms with Gasteiger partial charge in [-0.05, 0) is 12.1 Å². The number of hydrogen-bond donors (Lipinski definition) is 0. The predicted molar refractivity (Wildman–Crippen MR) is 47.1 cm³/mol.